The Kier molecular flexibility index (Phi) is 8.55. The maximum absolute atomic E-state index is 11.2. The van der Waals surface area contributed by atoms with E-state index in [1.165, 1.54) is 0 Å². The number of carbonyl (C=O) groups excluding carboxylic acids is 3. The van der Waals surface area contributed by atoms with Gasteiger partial charge in [0.05, 0.1) is 13.0 Å². The molecule has 0 aliphatic heterocycles. The number of allylic oxidation sites excluding steroid dienone is 1. The number of rotatable bonds is 10. The monoisotopic (exact) mass is 238 g/mol. The summed E-state index contributed by atoms with van der Waals surface area (Å²) in [4.78, 5) is 32.8. The van der Waals surface area contributed by atoms with E-state index in [2.05, 4.69) is 13.2 Å². The van der Waals surface area contributed by atoms with Gasteiger partial charge in [-0.2, -0.15) is 0 Å². The lowest BCUT2D eigenvalue weighted by atomic mass is 10.1. The molecule has 4 heteroatoms. The van der Waals surface area contributed by atoms with E-state index in [-0.39, 0.29) is 18.0 Å². The average Bonchev–Trinajstić information content (AvgIpc) is 2.32. The summed E-state index contributed by atoms with van der Waals surface area (Å²) < 4.78 is 4.77. The number of hydrogen-bond donors (Lipinski definition) is 0. The highest BCUT2D eigenvalue weighted by molar-refractivity contribution is 6.04. The lowest BCUT2D eigenvalue weighted by Gasteiger charge is -2.01. The quantitative estimate of drug-likeness (QED) is 0.253. The molecule has 0 rings (SSSR count). The molecule has 0 aromatic rings. The molecule has 0 fully saturated rings. The molecule has 0 amide bonds. The normalized spacial score (nSPS) is 9.41. The lowest BCUT2D eigenvalue weighted by Crippen LogP contribution is -2.05. The van der Waals surface area contributed by atoms with E-state index < -0.39 is 5.97 Å². The van der Waals surface area contributed by atoms with Crippen LogP contribution in [0.2, 0.25) is 0 Å². The zero-order valence-corrected chi connectivity index (χ0v) is 9.94. The molecule has 4 nitrogen and oxygen atoms in total. The molecule has 0 spiro atoms. The predicted molar refractivity (Wildman–Crippen MR) is 64.5 cm³/mol. The summed E-state index contributed by atoms with van der Waals surface area (Å²) in [7, 11) is 0. The molecular weight excluding hydrogens is 220 g/mol. The van der Waals surface area contributed by atoms with E-state index >= 15 is 0 Å². The highest BCUT2D eigenvalue weighted by Gasteiger charge is 2.05. The Balaban J connectivity index is 3.42. The Morgan fingerprint density at radius 2 is 1.71 bits per heavy atom. The minimum atomic E-state index is -0.433. The Morgan fingerprint density at radius 1 is 1.00 bits per heavy atom. The fourth-order valence-corrected chi connectivity index (χ4v) is 1.19. The summed E-state index contributed by atoms with van der Waals surface area (Å²) in [6.45, 7) is 6.91. The first-order valence-corrected chi connectivity index (χ1v) is 5.56. The molecule has 0 saturated carbocycles. The van der Waals surface area contributed by atoms with E-state index in [4.69, 9.17) is 4.74 Å². The molecule has 0 aromatic carbocycles. The van der Waals surface area contributed by atoms with Crippen LogP contribution >= 0.6 is 0 Å². The molecule has 0 radical (unpaired) electrons. The molecule has 0 aliphatic carbocycles. The fraction of sp³-hybridized carbons (Fsp3) is 0.462. The van der Waals surface area contributed by atoms with Gasteiger partial charge >= 0.3 is 5.97 Å². The molecule has 94 valence electrons. The molecule has 0 aliphatic rings. The summed E-state index contributed by atoms with van der Waals surface area (Å²) in [5.74, 6) is -0.745. The predicted octanol–water partition coefficient (Wildman–Crippen LogP) is 1.99. The maximum Gasteiger partial charge on any atom is 0.330 e. The minimum Gasteiger partial charge on any atom is -0.463 e. The first-order valence-electron chi connectivity index (χ1n) is 5.56. The number of carbonyl (C=O) groups is 3. The van der Waals surface area contributed by atoms with Crippen LogP contribution in [0.25, 0.3) is 0 Å². The lowest BCUT2D eigenvalue weighted by molar-refractivity contribution is -0.138. The molecule has 0 aromatic heterocycles. The van der Waals surface area contributed by atoms with Crippen molar-refractivity contribution >= 4 is 17.5 Å². The molecule has 0 heterocycles. The number of Topliss-reactive ketones (excluding diaryl/α,β-unsaturated/α-hetero) is 1. The summed E-state index contributed by atoms with van der Waals surface area (Å²) in [6, 6.07) is 0. The standard InChI is InChI=1S/C13H18O4/c1-3-11(14)10-12(15)8-6-5-7-9-17-13(16)4-2/h3-4H,1-2,5-10H2. The van der Waals surface area contributed by atoms with Crippen LogP contribution in [0, 0.1) is 0 Å². The third-order valence-electron chi connectivity index (χ3n) is 2.11. The molecule has 0 saturated heterocycles. The van der Waals surface area contributed by atoms with Gasteiger partial charge < -0.3 is 4.74 Å². The Morgan fingerprint density at radius 3 is 2.29 bits per heavy atom. The van der Waals surface area contributed by atoms with Crippen molar-refractivity contribution < 1.29 is 19.1 Å². The van der Waals surface area contributed by atoms with Crippen molar-refractivity contribution in [3.63, 3.8) is 0 Å². The van der Waals surface area contributed by atoms with Gasteiger partial charge in [0.15, 0.2) is 5.78 Å². The third-order valence-corrected chi connectivity index (χ3v) is 2.11. The first kappa shape index (κ1) is 15.3. The van der Waals surface area contributed by atoms with Crippen LogP contribution in [0.15, 0.2) is 25.3 Å². The van der Waals surface area contributed by atoms with Crippen LogP contribution in [0.1, 0.15) is 32.1 Å². The van der Waals surface area contributed by atoms with Crippen molar-refractivity contribution in [2.75, 3.05) is 6.61 Å². The van der Waals surface area contributed by atoms with Crippen molar-refractivity contribution in [1.29, 1.82) is 0 Å². The van der Waals surface area contributed by atoms with Crippen LogP contribution in [-0.2, 0) is 19.1 Å². The Bertz CT molecular complexity index is 305. The summed E-state index contributed by atoms with van der Waals surface area (Å²) in [6.07, 6.45) is 4.80. The van der Waals surface area contributed by atoms with Gasteiger partial charge in [0.2, 0.25) is 0 Å². The number of hydrogen-bond acceptors (Lipinski definition) is 4. The smallest absolute Gasteiger partial charge is 0.330 e. The van der Waals surface area contributed by atoms with Crippen molar-refractivity contribution in [2.45, 2.75) is 32.1 Å². The average molecular weight is 238 g/mol. The molecule has 0 N–H and O–H groups in total. The van der Waals surface area contributed by atoms with Gasteiger partial charge in [-0.05, 0) is 25.3 Å². The van der Waals surface area contributed by atoms with Gasteiger partial charge in [-0.3, -0.25) is 9.59 Å². The largest absolute Gasteiger partial charge is 0.463 e. The summed E-state index contributed by atoms with van der Waals surface area (Å²) in [5.41, 5.74) is 0. The second-order valence-corrected chi connectivity index (χ2v) is 3.57. The van der Waals surface area contributed by atoms with E-state index in [1.54, 1.807) is 0 Å². The van der Waals surface area contributed by atoms with Crippen LogP contribution in [0.5, 0.6) is 0 Å². The Labute approximate surface area is 101 Å². The number of esters is 1. The van der Waals surface area contributed by atoms with Gasteiger partial charge in [-0.1, -0.05) is 13.2 Å². The second kappa shape index (κ2) is 9.51. The van der Waals surface area contributed by atoms with Gasteiger partial charge in [-0.25, -0.2) is 4.79 Å². The zero-order valence-electron chi connectivity index (χ0n) is 9.94. The van der Waals surface area contributed by atoms with E-state index in [1.807, 2.05) is 0 Å². The van der Waals surface area contributed by atoms with Crippen LogP contribution in [0.3, 0.4) is 0 Å². The Hall–Kier alpha value is -1.71. The molecular formula is C13H18O4. The van der Waals surface area contributed by atoms with Crippen molar-refractivity contribution in [3.05, 3.63) is 25.3 Å². The topological polar surface area (TPSA) is 60.4 Å². The molecule has 17 heavy (non-hydrogen) atoms. The third kappa shape index (κ3) is 9.23. The first-order chi connectivity index (χ1) is 8.10. The SMILES string of the molecule is C=CC(=O)CC(=O)CCCCCOC(=O)C=C. The highest BCUT2D eigenvalue weighted by Crippen LogP contribution is 2.03. The van der Waals surface area contributed by atoms with Gasteiger partial charge in [0, 0.05) is 12.5 Å². The fourth-order valence-electron chi connectivity index (χ4n) is 1.19. The molecule has 0 atom stereocenters. The minimum absolute atomic E-state index is 0.0606. The van der Waals surface area contributed by atoms with E-state index in [9.17, 15) is 14.4 Å². The number of unbranched alkanes of at least 4 members (excludes halogenated alkanes) is 2. The number of ether oxygens (including phenoxy) is 1. The van der Waals surface area contributed by atoms with Gasteiger partial charge in [-0.15, -0.1) is 0 Å². The maximum atomic E-state index is 11.2. The van der Waals surface area contributed by atoms with Gasteiger partial charge in [0.25, 0.3) is 0 Å². The van der Waals surface area contributed by atoms with Crippen molar-refractivity contribution in [2.24, 2.45) is 0 Å². The summed E-state index contributed by atoms with van der Waals surface area (Å²) in [5, 5.41) is 0. The second-order valence-electron chi connectivity index (χ2n) is 3.57. The van der Waals surface area contributed by atoms with Gasteiger partial charge in [0.1, 0.15) is 5.78 Å². The molecule has 0 unspecified atom stereocenters. The van der Waals surface area contributed by atoms with Crippen LogP contribution in [0.4, 0.5) is 0 Å². The van der Waals surface area contributed by atoms with Crippen molar-refractivity contribution in [3.8, 4) is 0 Å². The summed E-state index contributed by atoms with van der Waals surface area (Å²) >= 11 is 0. The van der Waals surface area contributed by atoms with Crippen molar-refractivity contribution in [1.82, 2.24) is 0 Å². The van der Waals surface area contributed by atoms with E-state index in [0.717, 1.165) is 18.6 Å². The van der Waals surface area contributed by atoms with E-state index in [0.29, 0.717) is 25.9 Å². The number of ketones is 2. The van der Waals surface area contributed by atoms with Crippen LogP contribution in [-0.4, -0.2) is 24.1 Å². The zero-order chi connectivity index (χ0) is 13.1. The van der Waals surface area contributed by atoms with Crippen LogP contribution < -0.4 is 0 Å². The molecule has 0 bridgehead atoms. The highest BCUT2D eigenvalue weighted by atomic mass is 16.5.